The molecule has 0 fully saturated rings. The molecule has 0 aliphatic rings. The lowest BCUT2D eigenvalue weighted by molar-refractivity contribution is -0.139. The van der Waals surface area contributed by atoms with Crippen molar-refractivity contribution in [3.8, 4) is 5.75 Å². The Balaban J connectivity index is 2.00. The third kappa shape index (κ3) is 8.06. The van der Waals surface area contributed by atoms with Gasteiger partial charge in [-0.25, -0.2) is 8.42 Å². The number of halogens is 1. The second-order valence-electron chi connectivity index (χ2n) is 8.87. The van der Waals surface area contributed by atoms with Gasteiger partial charge in [0.15, 0.2) is 0 Å². The van der Waals surface area contributed by atoms with E-state index < -0.39 is 28.5 Å². The van der Waals surface area contributed by atoms with Crippen LogP contribution in [-0.2, 0) is 26.2 Å². The quantitative estimate of drug-likeness (QED) is 0.292. The SMILES string of the molecule is CCCNC(=O)[C@@H](C)N(Cc1ccc(Br)cc1)C(=O)CN(c1ccc(OCC)cc1)S(=O)(=O)c1ccccc1. The maximum atomic E-state index is 13.9. The number of amides is 2. The van der Waals surface area contributed by atoms with Crippen molar-refractivity contribution < 1.29 is 22.7 Å². The summed E-state index contributed by atoms with van der Waals surface area (Å²) in [5.41, 5.74) is 1.11. The third-order valence-electron chi connectivity index (χ3n) is 6.03. The van der Waals surface area contributed by atoms with Crippen molar-refractivity contribution >= 4 is 43.5 Å². The Labute approximate surface area is 239 Å². The molecule has 0 saturated heterocycles. The van der Waals surface area contributed by atoms with E-state index in [0.717, 1.165) is 20.8 Å². The van der Waals surface area contributed by atoms with Crippen molar-refractivity contribution in [1.29, 1.82) is 0 Å². The van der Waals surface area contributed by atoms with Crippen LogP contribution in [0.4, 0.5) is 5.69 Å². The molecule has 0 unspecified atom stereocenters. The summed E-state index contributed by atoms with van der Waals surface area (Å²) in [4.78, 5) is 28.2. The van der Waals surface area contributed by atoms with Gasteiger partial charge in [0, 0.05) is 17.6 Å². The number of nitrogens with one attached hydrogen (secondary N) is 1. The molecule has 8 nitrogen and oxygen atoms in total. The number of carbonyl (C=O) groups excluding carboxylic acids is 2. The molecule has 10 heteroatoms. The van der Waals surface area contributed by atoms with Gasteiger partial charge in [-0.15, -0.1) is 0 Å². The Morgan fingerprint density at radius 1 is 0.949 bits per heavy atom. The summed E-state index contributed by atoms with van der Waals surface area (Å²) in [6, 6.07) is 21.1. The molecule has 39 heavy (non-hydrogen) atoms. The van der Waals surface area contributed by atoms with E-state index in [2.05, 4.69) is 21.2 Å². The van der Waals surface area contributed by atoms with Crippen molar-refractivity contribution in [3.63, 3.8) is 0 Å². The van der Waals surface area contributed by atoms with Crippen molar-refractivity contribution in [2.45, 2.75) is 44.7 Å². The molecular formula is C29H34BrN3O5S. The third-order valence-corrected chi connectivity index (χ3v) is 8.35. The molecule has 1 atom stereocenters. The van der Waals surface area contributed by atoms with Gasteiger partial charge in [-0.05, 0) is 74.4 Å². The molecule has 2 amide bonds. The lowest BCUT2D eigenvalue weighted by Gasteiger charge is -2.32. The number of rotatable bonds is 13. The first-order valence-corrected chi connectivity index (χ1v) is 15.0. The van der Waals surface area contributed by atoms with E-state index in [9.17, 15) is 18.0 Å². The monoisotopic (exact) mass is 615 g/mol. The van der Waals surface area contributed by atoms with Gasteiger partial charge in [0.2, 0.25) is 11.8 Å². The number of sulfonamides is 1. The van der Waals surface area contributed by atoms with Gasteiger partial charge in [-0.2, -0.15) is 0 Å². The maximum absolute atomic E-state index is 13.9. The number of hydrogen-bond donors (Lipinski definition) is 1. The van der Waals surface area contributed by atoms with E-state index in [0.29, 0.717) is 24.6 Å². The van der Waals surface area contributed by atoms with Gasteiger partial charge < -0.3 is 15.0 Å². The van der Waals surface area contributed by atoms with Crippen molar-refractivity contribution in [2.24, 2.45) is 0 Å². The second-order valence-corrected chi connectivity index (χ2v) is 11.6. The molecule has 3 rings (SSSR count). The molecule has 0 radical (unpaired) electrons. The van der Waals surface area contributed by atoms with Crippen LogP contribution in [0, 0.1) is 0 Å². The van der Waals surface area contributed by atoms with E-state index in [1.807, 2.05) is 38.1 Å². The van der Waals surface area contributed by atoms with Gasteiger partial charge in [0.25, 0.3) is 10.0 Å². The molecule has 0 aliphatic heterocycles. The molecule has 0 aliphatic carbocycles. The van der Waals surface area contributed by atoms with Gasteiger partial charge in [0.1, 0.15) is 18.3 Å². The predicted molar refractivity (Wildman–Crippen MR) is 156 cm³/mol. The molecule has 0 aromatic heterocycles. The Morgan fingerprint density at radius 2 is 1.59 bits per heavy atom. The van der Waals surface area contributed by atoms with Gasteiger partial charge in [-0.3, -0.25) is 13.9 Å². The van der Waals surface area contributed by atoms with Crippen molar-refractivity contribution in [3.05, 3.63) is 88.9 Å². The predicted octanol–water partition coefficient (Wildman–Crippen LogP) is 4.99. The van der Waals surface area contributed by atoms with Crippen LogP contribution >= 0.6 is 15.9 Å². The summed E-state index contributed by atoms with van der Waals surface area (Å²) < 4.78 is 35.0. The first kappa shape index (κ1) is 30.2. The van der Waals surface area contributed by atoms with Gasteiger partial charge in [-0.1, -0.05) is 53.2 Å². The smallest absolute Gasteiger partial charge is 0.264 e. The largest absolute Gasteiger partial charge is 0.494 e. The molecule has 0 saturated carbocycles. The fourth-order valence-electron chi connectivity index (χ4n) is 3.89. The topological polar surface area (TPSA) is 96.0 Å². The molecule has 0 bridgehead atoms. The van der Waals surface area contributed by atoms with Crippen LogP contribution < -0.4 is 14.4 Å². The van der Waals surface area contributed by atoms with Crippen LogP contribution in [0.2, 0.25) is 0 Å². The highest BCUT2D eigenvalue weighted by molar-refractivity contribution is 9.10. The average molecular weight is 617 g/mol. The van der Waals surface area contributed by atoms with Gasteiger partial charge >= 0.3 is 0 Å². The van der Waals surface area contributed by atoms with Crippen LogP contribution in [0.5, 0.6) is 5.75 Å². The second kappa shape index (κ2) is 14.1. The highest BCUT2D eigenvalue weighted by atomic mass is 79.9. The maximum Gasteiger partial charge on any atom is 0.264 e. The zero-order chi connectivity index (χ0) is 28.4. The number of ether oxygens (including phenoxy) is 1. The molecule has 0 spiro atoms. The highest BCUT2D eigenvalue weighted by Crippen LogP contribution is 2.26. The number of anilines is 1. The van der Waals surface area contributed by atoms with E-state index in [-0.39, 0.29) is 17.3 Å². The fraction of sp³-hybridized carbons (Fsp3) is 0.310. The molecule has 208 valence electrons. The Morgan fingerprint density at radius 3 is 2.18 bits per heavy atom. The van der Waals surface area contributed by atoms with Crippen LogP contribution in [0.15, 0.2) is 88.2 Å². The van der Waals surface area contributed by atoms with Gasteiger partial charge in [0.05, 0.1) is 17.2 Å². The average Bonchev–Trinajstić information content (AvgIpc) is 2.95. The zero-order valence-electron chi connectivity index (χ0n) is 22.3. The van der Waals surface area contributed by atoms with Crippen LogP contribution in [0.3, 0.4) is 0 Å². The summed E-state index contributed by atoms with van der Waals surface area (Å²) in [6.07, 6.45) is 0.750. The van der Waals surface area contributed by atoms with E-state index >= 15 is 0 Å². The van der Waals surface area contributed by atoms with E-state index in [1.165, 1.54) is 17.0 Å². The molecule has 1 N–H and O–H groups in total. The lowest BCUT2D eigenvalue weighted by atomic mass is 10.1. The molecule has 0 heterocycles. The highest BCUT2D eigenvalue weighted by Gasteiger charge is 2.32. The Bertz CT molecular complexity index is 1330. The summed E-state index contributed by atoms with van der Waals surface area (Å²) in [5.74, 6) is -0.228. The standard InChI is InChI=1S/C29H34BrN3O5S/c1-4-19-31-29(35)22(3)32(20-23-11-13-24(30)14-12-23)28(34)21-33(25-15-17-26(18-16-25)38-5-2)39(36,37)27-9-7-6-8-10-27/h6-18,22H,4-5,19-21H2,1-3H3,(H,31,35)/t22-/m1/s1. The number of hydrogen-bond acceptors (Lipinski definition) is 5. The van der Waals surface area contributed by atoms with Crippen LogP contribution in [-0.4, -0.2) is 50.9 Å². The van der Waals surface area contributed by atoms with Crippen LogP contribution in [0.25, 0.3) is 0 Å². The summed E-state index contributed by atoms with van der Waals surface area (Å²) in [5, 5.41) is 2.84. The van der Waals surface area contributed by atoms with Crippen molar-refractivity contribution in [1.82, 2.24) is 10.2 Å². The fourth-order valence-corrected chi connectivity index (χ4v) is 5.59. The number of carbonyl (C=O) groups is 2. The normalized spacial score (nSPS) is 11.9. The van der Waals surface area contributed by atoms with Crippen LogP contribution in [0.1, 0.15) is 32.8 Å². The Kier molecular flexibility index (Phi) is 10.9. The number of nitrogens with zero attached hydrogens (tertiary/aromatic N) is 2. The molecule has 3 aromatic carbocycles. The minimum absolute atomic E-state index is 0.0554. The summed E-state index contributed by atoms with van der Waals surface area (Å²) in [7, 11) is -4.11. The lowest BCUT2D eigenvalue weighted by Crippen LogP contribution is -2.51. The first-order valence-electron chi connectivity index (χ1n) is 12.8. The molecule has 3 aromatic rings. The summed E-state index contributed by atoms with van der Waals surface area (Å²) >= 11 is 3.41. The minimum Gasteiger partial charge on any atom is -0.494 e. The Hall–Kier alpha value is -3.37. The summed E-state index contributed by atoms with van der Waals surface area (Å²) in [6.45, 7) is 6.03. The zero-order valence-corrected chi connectivity index (χ0v) is 24.7. The first-order chi connectivity index (χ1) is 18.7. The molecular weight excluding hydrogens is 582 g/mol. The van der Waals surface area contributed by atoms with E-state index in [4.69, 9.17) is 4.74 Å². The van der Waals surface area contributed by atoms with E-state index in [1.54, 1.807) is 49.4 Å². The number of benzene rings is 3. The minimum atomic E-state index is -4.11. The van der Waals surface area contributed by atoms with Crippen molar-refractivity contribution in [2.75, 3.05) is 24.0 Å².